The van der Waals surface area contributed by atoms with E-state index in [-0.39, 0.29) is 6.10 Å². The quantitative estimate of drug-likeness (QED) is 0.675. The Bertz CT molecular complexity index is 266. The Hall–Kier alpha value is -1.08. The lowest BCUT2D eigenvalue weighted by molar-refractivity contribution is 0.153. The van der Waals surface area contributed by atoms with E-state index in [9.17, 15) is 5.11 Å². The molecule has 0 heterocycles. The molecule has 0 saturated heterocycles. The molecule has 0 radical (unpaired) electrons. The Balaban J connectivity index is 2.13. The zero-order valence-corrected chi connectivity index (χ0v) is 9.23. The smallest absolute Gasteiger partial charge is 0.0543 e. The van der Waals surface area contributed by atoms with Crippen LogP contribution < -0.4 is 0 Å². The van der Waals surface area contributed by atoms with Crippen LogP contribution in [0.1, 0.15) is 31.2 Å². The SMILES string of the molecule is C=CCCC(O)CCCc1ccccc1. The number of aliphatic hydroxyl groups excluding tert-OH is 1. The van der Waals surface area contributed by atoms with Gasteiger partial charge in [-0.05, 0) is 37.7 Å². The summed E-state index contributed by atoms with van der Waals surface area (Å²) in [5, 5.41) is 9.61. The third-order valence-corrected chi connectivity index (χ3v) is 2.55. The summed E-state index contributed by atoms with van der Waals surface area (Å²) in [5.74, 6) is 0. The van der Waals surface area contributed by atoms with E-state index >= 15 is 0 Å². The fraction of sp³-hybridized carbons (Fsp3) is 0.429. The third-order valence-electron chi connectivity index (χ3n) is 2.55. The lowest BCUT2D eigenvalue weighted by atomic mass is 10.0. The van der Waals surface area contributed by atoms with Gasteiger partial charge in [-0.1, -0.05) is 36.4 Å². The minimum absolute atomic E-state index is 0.160. The number of aryl methyl sites for hydroxylation is 1. The molecule has 1 unspecified atom stereocenters. The molecular weight excluding hydrogens is 184 g/mol. The summed E-state index contributed by atoms with van der Waals surface area (Å²) < 4.78 is 0. The fourth-order valence-corrected chi connectivity index (χ4v) is 1.64. The molecule has 1 aromatic rings. The molecule has 0 aromatic heterocycles. The van der Waals surface area contributed by atoms with Crippen LogP contribution in [0.3, 0.4) is 0 Å². The van der Waals surface area contributed by atoms with E-state index < -0.39 is 0 Å². The van der Waals surface area contributed by atoms with Gasteiger partial charge >= 0.3 is 0 Å². The molecule has 1 heteroatoms. The van der Waals surface area contributed by atoms with Crippen molar-refractivity contribution in [2.45, 2.75) is 38.2 Å². The highest BCUT2D eigenvalue weighted by Crippen LogP contribution is 2.09. The lowest BCUT2D eigenvalue weighted by Gasteiger charge is -2.08. The van der Waals surface area contributed by atoms with Gasteiger partial charge in [-0.3, -0.25) is 0 Å². The predicted molar refractivity (Wildman–Crippen MR) is 64.8 cm³/mol. The Labute approximate surface area is 92.5 Å². The van der Waals surface area contributed by atoms with Crippen LogP contribution in [0.4, 0.5) is 0 Å². The molecule has 0 spiro atoms. The van der Waals surface area contributed by atoms with Crippen LogP contribution in [0, 0.1) is 0 Å². The van der Waals surface area contributed by atoms with E-state index in [2.05, 4.69) is 30.8 Å². The first-order valence-electron chi connectivity index (χ1n) is 5.66. The topological polar surface area (TPSA) is 20.2 Å². The average molecular weight is 204 g/mol. The second kappa shape index (κ2) is 7.24. The average Bonchev–Trinajstić information content (AvgIpc) is 2.28. The molecule has 0 amide bonds. The zero-order valence-electron chi connectivity index (χ0n) is 9.23. The Kier molecular flexibility index (Phi) is 5.79. The Morgan fingerprint density at radius 1 is 1.20 bits per heavy atom. The van der Waals surface area contributed by atoms with E-state index in [4.69, 9.17) is 0 Å². The number of hydrogen-bond acceptors (Lipinski definition) is 1. The summed E-state index contributed by atoms with van der Waals surface area (Å²) in [5.41, 5.74) is 1.36. The zero-order chi connectivity index (χ0) is 10.9. The first-order chi connectivity index (χ1) is 7.33. The van der Waals surface area contributed by atoms with Crippen molar-refractivity contribution in [3.05, 3.63) is 48.6 Å². The minimum atomic E-state index is -0.160. The second-order valence-corrected chi connectivity index (χ2v) is 3.90. The van der Waals surface area contributed by atoms with Crippen molar-refractivity contribution in [2.24, 2.45) is 0 Å². The van der Waals surface area contributed by atoms with Crippen LogP contribution in [0.25, 0.3) is 0 Å². The first kappa shape index (κ1) is 12.0. The van der Waals surface area contributed by atoms with Gasteiger partial charge in [0.1, 0.15) is 0 Å². The van der Waals surface area contributed by atoms with Crippen molar-refractivity contribution in [3.63, 3.8) is 0 Å². The summed E-state index contributed by atoms with van der Waals surface area (Å²) in [6, 6.07) is 10.4. The second-order valence-electron chi connectivity index (χ2n) is 3.90. The van der Waals surface area contributed by atoms with Crippen LogP contribution in [0.15, 0.2) is 43.0 Å². The van der Waals surface area contributed by atoms with Crippen molar-refractivity contribution in [1.82, 2.24) is 0 Å². The van der Waals surface area contributed by atoms with Crippen molar-refractivity contribution >= 4 is 0 Å². The van der Waals surface area contributed by atoms with Crippen LogP contribution in [0.2, 0.25) is 0 Å². The van der Waals surface area contributed by atoms with Crippen molar-refractivity contribution in [2.75, 3.05) is 0 Å². The maximum absolute atomic E-state index is 9.61. The van der Waals surface area contributed by atoms with E-state index in [0.717, 1.165) is 32.1 Å². The highest BCUT2D eigenvalue weighted by atomic mass is 16.3. The molecule has 1 atom stereocenters. The molecule has 1 rings (SSSR count). The summed E-state index contributed by atoms with van der Waals surface area (Å²) in [6.07, 6.45) is 6.47. The highest BCUT2D eigenvalue weighted by molar-refractivity contribution is 5.14. The van der Waals surface area contributed by atoms with E-state index in [1.807, 2.05) is 12.1 Å². The van der Waals surface area contributed by atoms with E-state index in [0.29, 0.717) is 0 Å². The largest absolute Gasteiger partial charge is 0.393 e. The number of rotatable bonds is 7. The van der Waals surface area contributed by atoms with Gasteiger partial charge in [-0.25, -0.2) is 0 Å². The molecule has 1 aromatic carbocycles. The summed E-state index contributed by atoms with van der Waals surface area (Å²) in [6.45, 7) is 3.65. The number of benzene rings is 1. The van der Waals surface area contributed by atoms with Crippen LogP contribution in [-0.2, 0) is 6.42 Å². The van der Waals surface area contributed by atoms with Crippen LogP contribution in [0.5, 0.6) is 0 Å². The lowest BCUT2D eigenvalue weighted by Crippen LogP contribution is -2.05. The molecule has 1 nitrogen and oxygen atoms in total. The summed E-state index contributed by atoms with van der Waals surface area (Å²) in [7, 11) is 0. The summed E-state index contributed by atoms with van der Waals surface area (Å²) in [4.78, 5) is 0. The molecule has 82 valence electrons. The molecule has 1 N–H and O–H groups in total. The normalized spacial score (nSPS) is 12.3. The summed E-state index contributed by atoms with van der Waals surface area (Å²) >= 11 is 0. The van der Waals surface area contributed by atoms with Gasteiger partial charge in [0.15, 0.2) is 0 Å². The van der Waals surface area contributed by atoms with Gasteiger partial charge in [-0.2, -0.15) is 0 Å². The number of allylic oxidation sites excluding steroid dienone is 1. The Morgan fingerprint density at radius 3 is 2.60 bits per heavy atom. The van der Waals surface area contributed by atoms with Gasteiger partial charge < -0.3 is 5.11 Å². The van der Waals surface area contributed by atoms with Crippen molar-refractivity contribution in [3.8, 4) is 0 Å². The van der Waals surface area contributed by atoms with Gasteiger partial charge in [-0.15, -0.1) is 6.58 Å². The fourth-order valence-electron chi connectivity index (χ4n) is 1.64. The number of hydrogen-bond donors (Lipinski definition) is 1. The van der Waals surface area contributed by atoms with Gasteiger partial charge in [0, 0.05) is 0 Å². The first-order valence-corrected chi connectivity index (χ1v) is 5.66. The van der Waals surface area contributed by atoms with Crippen molar-refractivity contribution in [1.29, 1.82) is 0 Å². The number of aliphatic hydroxyl groups is 1. The third kappa shape index (κ3) is 5.38. The molecule has 0 fully saturated rings. The highest BCUT2D eigenvalue weighted by Gasteiger charge is 2.02. The molecule has 0 aliphatic heterocycles. The maximum Gasteiger partial charge on any atom is 0.0543 e. The van der Waals surface area contributed by atoms with Gasteiger partial charge in [0.05, 0.1) is 6.10 Å². The van der Waals surface area contributed by atoms with Crippen molar-refractivity contribution < 1.29 is 5.11 Å². The molecule has 15 heavy (non-hydrogen) atoms. The molecule has 0 aliphatic rings. The molecule has 0 aliphatic carbocycles. The standard InChI is InChI=1S/C14H20O/c1-2-3-11-14(15)12-7-10-13-8-5-4-6-9-13/h2,4-6,8-9,14-15H,1,3,7,10-12H2. The molecule has 0 bridgehead atoms. The predicted octanol–water partition coefficient (Wildman–Crippen LogP) is 3.34. The Morgan fingerprint density at radius 2 is 1.93 bits per heavy atom. The minimum Gasteiger partial charge on any atom is -0.393 e. The maximum atomic E-state index is 9.61. The van der Waals surface area contributed by atoms with Gasteiger partial charge in [0.2, 0.25) is 0 Å². The monoisotopic (exact) mass is 204 g/mol. The van der Waals surface area contributed by atoms with E-state index in [1.165, 1.54) is 5.56 Å². The molecular formula is C14H20O. The van der Waals surface area contributed by atoms with Crippen LogP contribution >= 0.6 is 0 Å². The molecule has 0 saturated carbocycles. The van der Waals surface area contributed by atoms with E-state index in [1.54, 1.807) is 0 Å². The van der Waals surface area contributed by atoms with Crippen LogP contribution in [-0.4, -0.2) is 11.2 Å². The van der Waals surface area contributed by atoms with Gasteiger partial charge in [0.25, 0.3) is 0 Å².